The van der Waals surface area contributed by atoms with Gasteiger partial charge in [0, 0.05) is 36.2 Å². The van der Waals surface area contributed by atoms with Gasteiger partial charge in [0.05, 0.1) is 0 Å². The molecule has 22 heavy (non-hydrogen) atoms. The van der Waals surface area contributed by atoms with Crippen LogP contribution in [0.1, 0.15) is 25.3 Å². The first-order valence-electron chi connectivity index (χ1n) is 7.56. The predicted octanol–water partition coefficient (Wildman–Crippen LogP) is 3.19. The molecule has 1 saturated carbocycles. The van der Waals surface area contributed by atoms with Gasteiger partial charge in [-0.05, 0) is 49.9 Å². The summed E-state index contributed by atoms with van der Waals surface area (Å²) in [5, 5.41) is 7.59. The van der Waals surface area contributed by atoms with E-state index in [0.29, 0.717) is 12.6 Å². The molecular weight excluding hydrogens is 394 g/mol. The fraction of sp³-hybridized carbons (Fsp3) is 0.438. The summed E-state index contributed by atoms with van der Waals surface area (Å²) in [6.07, 6.45) is 5.20. The van der Waals surface area contributed by atoms with E-state index in [0.717, 1.165) is 35.4 Å². The Morgan fingerprint density at radius 2 is 2.23 bits per heavy atom. The largest absolute Gasteiger partial charge is 0.361 e. The minimum Gasteiger partial charge on any atom is -0.361 e. The van der Waals surface area contributed by atoms with Gasteiger partial charge in [-0.15, -0.1) is 24.0 Å². The van der Waals surface area contributed by atoms with Gasteiger partial charge in [0.1, 0.15) is 5.82 Å². The first-order chi connectivity index (χ1) is 10.3. The summed E-state index contributed by atoms with van der Waals surface area (Å²) in [5.74, 6) is 0.682. The molecule has 3 rings (SSSR count). The van der Waals surface area contributed by atoms with E-state index in [1.165, 1.54) is 18.9 Å². The number of aromatic nitrogens is 1. The highest BCUT2D eigenvalue weighted by Crippen LogP contribution is 2.20. The van der Waals surface area contributed by atoms with Crippen LogP contribution >= 0.6 is 24.0 Å². The Morgan fingerprint density at radius 1 is 1.41 bits per heavy atom. The van der Waals surface area contributed by atoms with Crippen molar-refractivity contribution in [2.45, 2.75) is 32.2 Å². The number of rotatable bonds is 5. The molecule has 1 aliphatic carbocycles. The minimum absolute atomic E-state index is 0. The first kappa shape index (κ1) is 17.1. The van der Waals surface area contributed by atoms with E-state index in [9.17, 15) is 4.39 Å². The second-order valence-corrected chi connectivity index (χ2v) is 5.43. The Balaban J connectivity index is 0.00000176. The maximum absolute atomic E-state index is 13.3. The lowest BCUT2D eigenvalue weighted by atomic mass is 10.1. The van der Waals surface area contributed by atoms with Crippen molar-refractivity contribution in [3.63, 3.8) is 0 Å². The third kappa shape index (κ3) is 4.34. The molecule has 4 nitrogen and oxygen atoms in total. The Kier molecular flexibility index (Phi) is 6.05. The van der Waals surface area contributed by atoms with Crippen LogP contribution in [0.5, 0.6) is 0 Å². The number of aromatic amines is 1. The van der Waals surface area contributed by atoms with Gasteiger partial charge in [0.15, 0.2) is 5.96 Å². The number of aliphatic imine (C=N–C) groups is 1. The molecule has 0 unspecified atom stereocenters. The Hall–Kier alpha value is -1.31. The molecule has 0 aliphatic heterocycles. The second-order valence-electron chi connectivity index (χ2n) is 5.43. The number of hydrogen-bond donors (Lipinski definition) is 3. The van der Waals surface area contributed by atoms with E-state index < -0.39 is 0 Å². The molecule has 1 aromatic heterocycles. The van der Waals surface area contributed by atoms with E-state index in [-0.39, 0.29) is 29.8 Å². The molecule has 0 radical (unpaired) electrons. The summed E-state index contributed by atoms with van der Waals surface area (Å²) >= 11 is 0. The van der Waals surface area contributed by atoms with Crippen LogP contribution in [0.25, 0.3) is 10.9 Å². The molecule has 2 aromatic rings. The van der Waals surface area contributed by atoms with Gasteiger partial charge < -0.3 is 15.6 Å². The first-order valence-corrected chi connectivity index (χ1v) is 7.56. The quantitative estimate of drug-likeness (QED) is 0.399. The van der Waals surface area contributed by atoms with Crippen molar-refractivity contribution < 1.29 is 4.39 Å². The highest BCUT2D eigenvalue weighted by atomic mass is 127. The monoisotopic (exact) mass is 416 g/mol. The summed E-state index contributed by atoms with van der Waals surface area (Å²) in [7, 11) is 0. The number of fused-ring (bicyclic) bond motifs is 1. The fourth-order valence-electron chi connectivity index (χ4n) is 2.39. The van der Waals surface area contributed by atoms with Gasteiger partial charge in [-0.2, -0.15) is 0 Å². The van der Waals surface area contributed by atoms with E-state index >= 15 is 0 Å². The Bertz CT molecular complexity index is 649. The predicted molar refractivity (Wildman–Crippen MR) is 99.5 cm³/mol. The third-order valence-corrected chi connectivity index (χ3v) is 3.64. The molecule has 6 heteroatoms. The van der Waals surface area contributed by atoms with Crippen molar-refractivity contribution >= 4 is 40.8 Å². The topological polar surface area (TPSA) is 52.2 Å². The maximum Gasteiger partial charge on any atom is 0.191 e. The average molecular weight is 416 g/mol. The summed E-state index contributed by atoms with van der Waals surface area (Å²) in [6.45, 7) is 3.61. The van der Waals surface area contributed by atoms with Crippen LogP contribution in [-0.4, -0.2) is 30.1 Å². The third-order valence-electron chi connectivity index (χ3n) is 3.64. The molecular formula is C16H22FIN4. The summed E-state index contributed by atoms with van der Waals surface area (Å²) < 4.78 is 13.3. The number of nitrogens with one attached hydrogen (secondary N) is 3. The van der Waals surface area contributed by atoms with Gasteiger partial charge in [0.2, 0.25) is 0 Å². The SMILES string of the molecule is CCNC(=NCCc1c[nH]c2ccc(F)cc12)NC1CC1.I. The minimum atomic E-state index is -0.199. The molecule has 0 atom stereocenters. The summed E-state index contributed by atoms with van der Waals surface area (Å²) in [5.41, 5.74) is 2.08. The zero-order valence-electron chi connectivity index (χ0n) is 12.7. The van der Waals surface area contributed by atoms with E-state index in [1.54, 1.807) is 12.1 Å². The highest BCUT2D eigenvalue weighted by Gasteiger charge is 2.21. The number of guanidine groups is 1. The number of nitrogens with zero attached hydrogens (tertiary/aromatic N) is 1. The summed E-state index contributed by atoms with van der Waals surface area (Å²) in [4.78, 5) is 7.76. The fourth-order valence-corrected chi connectivity index (χ4v) is 2.39. The van der Waals surface area contributed by atoms with Crippen molar-refractivity contribution in [1.29, 1.82) is 0 Å². The Labute approximate surface area is 147 Å². The average Bonchev–Trinajstić information content (AvgIpc) is 3.20. The van der Waals surface area contributed by atoms with Crippen molar-refractivity contribution in [2.75, 3.05) is 13.1 Å². The van der Waals surface area contributed by atoms with Crippen molar-refractivity contribution in [3.8, 4) is 0 Å². The molecule has 1 aromatic carbocycles. The molecule has 3 N–H and O–H groups in total. The van der Waals surface area contributed by atoms with Crippen LogP contribution in [0.3, 0.4) is 0 Å². The molecule has 0 bridgehead atoms. The van der Waals surface area contributed by atoms with Crippen LogP contribution in [0.4, 0.5) is 4.39 Å². The summed E-state index contributed by atoms with van der Waals surface area (Å²) in [6, 6.07) is 5.42. The van der Waals surface area contributed by atoms with Crippen molar-refractivity contribution in [1.82, 2.24) is 15.6 Å². The van der Waals surface area contributed by atoms with Crippen LogP contribution in [0.2, 0.25) is 0 Å². The van der Waals surface area contributed by atoms with Gasteiger partial charge in [-0.1, -0.05) is 0 Å². The lowest BCUT2D eigenvalue weighted by Crippen LogP contribution is -2.38. The number of H-pyrrole nitrogens is 1. The standard InChI is InChI=1S/C16H21FN4.HI/c1-2-18-16(21-13-4-5-13)19-8-7-11-10-20-15-6-3-12(17)9-14(11)15;/h3,6,9-10,13,20H,2,4-5,7-8H2,1H3,(H2,18,19,21);1H. The lowest BCUT2D eigenvalue weighted by molar-refractivity contribution is 0.629. The van der Waals surface area contributed by atoms with E-state index in [1.807, 2.05) is 6.20 Å². The van der Waals surface area contributed by atoms with Crippen LogP contribution in [-0.2, 0) is 6.42 Å². The van der Waals surface area contributed by atoms with Crippen LogP contribution in [0.15, 0.2) is 29.4 Å². The molecule has 0 amide bonds. The molecule has 1 fully saturated rings. The van der Waals surface area contributed by atoms with Crippen LogP contribution < -0.4 is 10.6 Å². The molecule has 0 saturated heterocycles. The Morgan fingerprint density at radius 3 is 2.95 bits per heavy atom. The van der Waals surface area contributed by atoms with Gasteiger partial charge >= 0.3 is 0 Å². The van der Waals surface area contributed by atoms with Crippen molar-refractivity contribution in [2.24, 2.45) is 4.99 Å². The number of halogens is 2. The highest BCUT2D eigenvalue weighted by molar-refractivity contribution is 14.0. The molecule has 120 valence electrons. The lowest BCUT2D eigenvalue weighted by Gasteiger charge is -2.09. The van der Waals surface area contributed by atoms with E-state index in [2.05, 4.69) is 27.5 Å². The smallest absolute Gasteiger partial charge is 0.191 e. The van der Waals surface area contributed by atoms with Crippen molar-refractivity contribution in [3.05, 3.63) is 35.8 Å². The maximum atomic E-state index is 13.3. The number of benzene rings is 1. The molecule has 1 heterocycles. The normalized spacial score (nSPS) is 14.7. The molecule has 0 spiro atoms. The second kappa shape index (κ2) is 7.80. The van der Waals surface area contributed by atoms with Gasteiger partial charge in [-0.3, -0.25) is 4.99 Å². The molecule has 1 aliphatic rings. The van der Waals surface area contributed by atoms with Gasteiger partial charge in [-0.25, -0.2) is 4.39 Å². The zero-order chi connectivity index (χ0) is 14.7. The van der Waals surface area contributed by atoms with Crippen LogP contribution in [0, 0.1) is 5.82 Å². The number of hydrogen-bond acceptors (Lipinski definition) is 1. The van der Waals surface area contributed by atoms with Gasteiger partial charge in [0.25, 0.3) is 0 Å². The zero-order valence-corrected chi connectivity index (χ0v) is 15.0. The van der Waals surface area contributed by atoms with E-state index in [4.69, 9.17) is 0 Å².